The molecule has 1 aromatic rings. The summed E-state index contributed by atoms with van der Waals surface area (Å²) in [7, 11) is 1.57. The molecule has 0 saturated carbocycles. The molecule has 0 atom stereocenters. The van der Waals surface area contributed by atoms with Gasteiger partial charge in [-0.05, 0) is 13.0 Å². The number of rotatable bonds is 3. The smallest absolute Gasteiger partial charge is 0.233 e. The van der Waals surface area contributed by atoms with E-state index in [2.05, 4.69) is 32.5 Å². The Hall–Kier alpha value is -1.85. The van der Waals surface area contributed by atoms with Gasteiger partial charge in [0.1, 0.15) is 12.4 Å². The van der Waals surface area contributed by atoms with Crippen molar-refractivity contribution in [3.8, 4) is 5.88 Å². The van der Waals surface area contributed by atoms with Crippen LogP contribution < -0.4 is 10.2 Å². The topological polar surface area (TPSA) is 62.6 Å². The fraction of sp³-hybridized carbons (Fsp3) is 0.444. The van der Waals surface area contributed by atoms with Gasteiger partial charge >= 0.3 is 0 Å². The summed E-state index contributed by atoms with van der Waals surface area (Å²) >= 11 is 0. The minimum absolute atomic E-state index is 0.508. The number of nitrogens with zero attached hydrogens (tertiary/aromatic N) is 4. The molecule has 2 rings (SSSR count). The summed E-state index contributed by atoms with van der Waals surface area (Å²) in [6.07, 6.45) is 0. The predicted molar refractivity (Wildman–Crippen MR) is 55.5 cm³/mol. The lowest BCUT2D eigenvalue weighted by atomic mass is 10.3. The molecule has 0 spiro atoms. The van der Waals surface area contributed by atoms with Crippen molar-refractivity contribution in [3.63, 3.8) is 0 Å². The molecule has 0 unspecified atom stereocenters. The lowest BCUT2D eigenvalue weighted by Gasteiger charge is -2.15. The van der Waals surface area contributed by atoms with Crippen LogP contribution in [0, 0.1) is 0 Å². The van der Waals surface area contributed by atoms with Crippen molar-refractivity contribution in [2.45, 2.75) is 6.92 Å². The van der Waals surface area contributed by atoms with Crippen LogP contribution in [0.3, 0.4) is 0 Å². The number of aromatic nitrogens is 2. The van der Waals surface area contributed by atoms with Crippen LogP contribution in [0.15, 0.2) is 17.2 Å². The SMILES string of the molecule is CCN1CNN=C1c1ccc(OC)nn1. The minimum atomic E-state index is 0.508. The Balaban J connectivity index is 2.22. The third kappa shape index (κ3) is 1.83. The van der Waals surface area contributed by atoms with Gasteiger partial charge in [0.05, 0.1) is 7.11 Å². The molecular weight excluding hydrogens is 194 g/mol. The summed E-state index contributed by atoms with van der Waals surface area (Å²) in [6.45, 7) is 3.68. The second-order valence-electron chi connectivity index (χ2n) is 3.07. The lowest BCUT2D eigenvalue weighted by molar-refractivity contribution is 0.391. The van der Waals surface area contributed by atoms with Crippen molar-refractivity contribution in [1.29, 1.82) is 0 Å². The van der Waals surface area contributed by atoms with Crippen molar-refractivity contribution in [2.75, 3.05) is 20.3 Å². The van der Waals surface area contributed by atoms with Crippen molar-refractivity contribution in [1.82, 2.24) is 20.5 Å². The maximum atomic E-state index is 4.94. The summed E-state index contributed by atoms with van der Waals surface area (Å²) in [5.74, 6) is 1.33. The molecule has 1 N–H and O–H groups in total. The molecule has 0 radical (unpaired) electrons. The van der Waals surface area contributed by atoms with Gasteiger partial charge in [-0.1, -0.05) is 0 Å². The number of hydrogen-bond donors (Lipinski definition) is 1. The monoisotopic (exact) mass is 207 g/mol. The van der Waals surface area contributed by atoms with E-state index in [0.717, 1.165) is 24.7 Å². The van der Waals surface area contributed by atoms with Crippen molar-refractivity contribution in [3.05, 3.63) is 17.8 Å². The average Bonchev–Trinajstić information content (AvgIpc) is 2.77. The molecule has 6 nitrogen and oxygen atoms in total. The Morgan fingerprint density at radius 1 is 1.47 bits per heavy atom. The fourth-order valence-corrected chi connectivity index (χ4v) is 1.37. The van der Waals surface area contributed by atoms with Gasteiger partial charge in [0, 0.05) is 12.6 Å². The summed E-state index contributed by atoms with van der Waals surface area (Å²) in [4.78, 5) is 2.08. The van der Waals surface area contributed by atoms with Crippen molar-refractivity contribution >= 4 is 5.84 Å². The second kappa shape index (κ2) is 4.12. The van der Waals surface area contributed by atoms with E-state index in [-0.39, 0.29) is 0 Å². The number of methoxy groups -OCH3 is 1. The number of amidine groups is 1. The van der Waals surface area contributed by atoms with Crippen molar-refractivity contribution in [2.24, 2.45) is 5.10 Å². The third-order valence-corrected chi connectivity index (χ3v) is 2.21. The van der Waals surface area contributed by atoms with Crippen LogP contribution in [-0.4, -0.2) is 41.3 Å². The zero-order valence-electron chi connectivity index (χ0n) is 8.77. The standard InChI is InChI=1S/C9H13N5O/c1-3-14-6-10-13-9(14)7-4-5-8(15-2)12-11-7/h4-5,10H,3,6H2,1-2H3. The Bertz CT molecular complexity index is 361. The summed E-state index contributed by atoms with van der Waals surface area (Å²) in [5.41, 5.74) is 3.67. The maximum absolute atomic E-state index is 4.94. The molecule has 1 aromatic heterocycles. The molecule has 1 aliphatic rings. The maximum Gasteiger partial charge on any atom is 0.233 e. The van der Waals surface area contributed by atoms with E-state index in [0.29, 0.717) is 5.88 Å². The van der Waals surface area contributed by atoms with Crippen LogP contribution in [0.5, 0.6) is 5.88 Å². The number of nitrogens with one attached hydrogen (secondary N) is 1. The van der Waals surface area contributed by atoms with E-state index in [1.165, 1.54) is 0 Å². The average molecular weight is 207 g/mol. The molecule has 0 aliphatic carbocycles. The molecule has 0 amide bonds. The van der Waals surface area contributed by atoms with E-state index < -0.39 is 0 Å². The van der Waals surface area contributed by atoms with Gasteiger partial charge in [-0.15, -0.1) is 10.2 Å². The number of ether oxygens (including phenoxy) is 1. The first kappa shape index (κ1) is 9.70. The fourth-order valence-electron chi connectivity index (χ4n) is 1.37. The lowest BCUT2D eigenvalue weighted by Crippen LogP contribution is -2.30. The normalized spacial score (nSPS) is 14.8. The van der Waals surface area contributed by atoms with E-state index in [9.17, 15) is 0 Å². The van der Waals surface area contributed by atoms with Crippen LogP contribution in [0.25, 0.3) is 0 Å². The highest BCUT2D eigenvalue weighted by Gasteiger charge is 2.18. The first-order valence-electron chi connectivity index (χ1n) is 4.78. The zero-order chi connectivity index (χ0) is 10.7. The highest BCUT2D eigenvalue weighted by Crippen LogP contribution is 2.08. The molecular formula is C9H13N5O. The third-order valence-electron chi connectivity index (χ3n) is 2.21. The van der Waals surface area contributed by atoms with E-state index in [1.54, 1.807) is 13.2 Å². The van der Waals surface area contributed by atoms with Crippen LogP contribution in [0.4, 0.5) is 0 Å². The summed E-state index contributed by atoms with van der Waals surface area (Å²) in [6, 6.07) is 3.62. The number of hydrazone groups is 1. The molecule has 80 valence electrons. The molecule has 2 heterocycles. The summed E-state index contributed by atoms with van der Waals surface area (Å²) in [5, 5.41) is 12.1. The molecule has 0 bridgehead atoms. The molecule has 0 fully saturated rings. The van der Waals surface area contributed by atoms with E-state index >= 15 is 0 Å². The van der Waals surface area contributed by atoms with Crippen LogP contribution in [-0.2, 0) is 0 Å². The van der Waals surface area contributed by atoms with Crippen LogP contribution >= 0.6 is 0 Å². The van der Waals surface area contributed by atoms with Gasteiger partial charge in [0.15, 0.2) is 5.84 Å². The summed E-state index contributed by atoms with van der Waals surface area (Å²) < 4.78 is 4.94. The van der Waals surface area contributed by atoms with Gasteiger partial charge in [-0.3, -0.25) is 5.43 Å². The van der Waals surface area contributed by atoms with Gasteiger partial charge in [0.2, 0.25) is 5.88 Å². The Labute approximate surface area is 87.9 Å². The first-order chi connectivity index (χ1) is 7.35. The Morgan fingerprint density at radius 2 is 2.33 bits per heavy atom. The minimum Gasteiger partial charge on any atom is -0.480 e. The van der Waals surface area contributed by atoms with Gasteiger partial charge < -0.3 is 9.64 Å². The quantitative estimate of drug-likeness (QED) is 0.757. The highest BCUT2D eigenvalue weighted by molar-refractivity contribution is 5.97. The molecule has 0 aromatic carbocycles. The van der Waals surface area contributed by atoms with Gasteiger partial charge in [-0.2, -0.15) is 5.10 Å². The van der Waals surface area contributed by atoms with Crippen molar-refractivity contribution < 1.29 is 4.74 Å². The molecule has 15 heavy (non-hydrogen) atoms. The van der Waals surface area contributed by atoms with Crippen LogP contribution in [0.2, 0.25) is 0 Å². The first-order valence-corrected chi connectivity index (χ1v) is 4.78. The Kier molecular flexibility index (Phi) is 2.66. The Morgan fingerprint density at radius 3 is 2.93 bits per heavy atom. The van der Waals surface area contributed by atoms with Gasteiger partial charge in [0.25, 0.3) is 0 Å². The second-order valence-corrected chi connectivity index (χ2v) is 3.07. The molecule has 6 heteroatoms. The number of hydrogen-bond acceptors (Lipinski definition) is 6. The zero-order valence-corrected chi connectivity index (χ0v) is 8.77. The van der Waals surface area contributed by atoms with Crippen LogP contribution in [0.1, 0.15) is 12.6 Å². The van der Waals surface area contributed by atoms with Gasteiger partial charge in [-0.25, -0.2) is 0 Å². The molecule has 1 aliphatic heterocycles. The highest BCUT2D eigenvalue weighted by atomic mass is 16.5. The largest absolute Gasteiger partial charge is 0.480 e. The molecule has 0 saturated heterocycles. The van der Waals surface area contributed by atoms with E-state index in [1.807, 2.05) is 6.07 Å². The van der Waals surface area contributed by atoms with E-state index in [4.69, 9.17) is 4.74 Å². The predicted octanol–water partition coefficient (Wildman–Crippen LogP) is 0.0294.